The predicted molar refractivity (Wildman–Crippen MR) is 191 cm³/mol. The van der Waals surface area contributed by atoms with E-state index in [1.807, 2.05) is 0 Å². The lowest BCUT2D eigenvalue weighted by atomic mass is 10.00. The Morgan fingerprint density at radius 1 is 0.391 bits per heavy atom. The van der Waals surface area contributed by atoms with Crippen LogP contribution in [-0.2, 0) is 0 Å². The first kappa shape index (κ1) is 25.1. The smallest absolute Gasteiger partial charge is 0.238 e. The number of hydrogen-bond donors (Lipinski definition) is 0. The maximum Gasteiger partial charge on any atom is 0.238 e. The van der Waals surface area contributed by atoms with Gasteiger partial charge in [-0.05, 0) is 39.2 Å². The zero-order valence-electron chi connectivity index (χ0n) is 24.8. The molecule has 0 aliphatic carbocycles. The molecule has 3 heterocycles. The highest BCUT2D eigenvalue weighted by atomic mass is 15.2. The zero-order chi connectivity index (χ0) is 30.2. The minimum Gasteiger partial charge on any atom is -0.278 e. The lowest BCUT2D eigenvalue weighted by Gasteiger charge is -2.13. The predicted octanol–water partition coefficient (Wildman–Crippen LogP) is 10.6. The molecule has 0 saturated heterocycles. The molecule has 0 aliphatic heterocycles. The van der Waals surface area contributed by atoms with Crippen molar-refractivity contribution in [1.29, 1.82) is 0 Å². The van der Waals surface area contributed by atoms with Crippen molar-refractivity contribution in [1.82, 2.24) is 18.9 Å². The van der Waals surface area contributed by atoms with E-state index < -0.39 is 0 Å². The molecule has 0 N–H and O–H groups in total. The molecule has 0 atom stereocenters. The normalized spacial score (nSPS) is 11.9. The summed E-state index contributed by atoms with van der Waals surface area (Å²) in [6.45, 7) is 0. The summed E-state index contributed by atoms with van der Waals surface area (Å²) >= 11 is 0. The summed E-state index contributed by atoms with van der Waals surface area (Å²) in [5.41, 5.74) is 6.32. The Balaban J connectivity index is 1.42. The van der Waals surface area contributed by atoms with E-state index >= 15 is 0 Å². The average Bonchev–Trinajstić information content (AvgIpc) is 3.65. The molecule has 4 heteroatoms. The SMILES string of the molecule is c1ccc(-c2nc(-n3c4ccc5ccccc5c4c4c5ccccc5ccc43)nc3c4ccccc4c(-c4ccccc4)n23)cc1. The first-order chi connectivity index (χ1) is 22.8. The van der Waals surface area contributed by atoms with Crippen LogP contribution < -0.4 is 0 Å². The van der Waals surface area contributed by atoms with Crippen molar-refractivity contribution >= 4 is 59.8 Å². The molecule has 0 aliphatic rings. The molecule has 0 saturated carbocycles. The summed E-state index contributed by atoms with van der Waals surface area (Å²) in [5, 5.41) is 9.57. The highest BCUT2D eigenvalue weighted by Gasteiger charge is 2.23. The fourth-order valence-electron chi connectivity index (χ4n) is 7.34. The summed E-state index contributed by atoms with van der Waals surface area (Å²) in [7, 11) is 0. The second kappa shape index (κ2) is 9.62. The van der Waals surface area contributed by atoms with Crippen molar-refractivity contribution in [3.8, 4) is 28.6 Å². The molecular formula is C42H26N4. The van der Waals surface area contributed by atoms with Crippen molar-refractivity contribution in [3.05, 3.63) is 158 Å². The van der Waals surface area contributed by atoms with E-state index in [2.05, 4.69) is 167 Å². The summed E-state index contributed by atoms with van der Waals surface area (Å²) in [4.78, 5) is 10.9. The fraction of sp³-hybridized carbons (Fsp3) is 0. The molecule has 214 valence electrons. The lowest BCUT2D eigenvalue weighted by Crippen LogP contribution is -2.07. The molecular weight excluding hydrogens is 560 g/mol. The number of hydrogen-bond acceptors (Lipinski definition) is 2. The standard InChI is InChI=1S/C42H26N4/c1-3-15-29(16-4-1)39-33-21-11-12-22-34(33)41-44-42(43-40(46(39)41)30-17-5-2-6-18-30)45-35-25-23-27-13-7-9-19-31(27)37(35)38-32-20-10-8-14-28(32)24-26-36(38)45/h1-26H. The number of nitrogens with zero attached hydrogens (tertiary/aromatic N) is 4. The van der Waals surface area contributed by atoms with Gasteiger partial charge in [0.1, 0.15) is 5.82 Å². The third kappa shape index (κ3) is 3.49. The number of benzene rings is 7. The van der Waals surface area contributed by atoms with Crippen LogP contribution in [-0.4, -0.2) is 18.9 Å². The van der Waals surface area contributed by atoms with Crippen LogP contribution in [0.25, 0.3) is 88.4 Å². The van der Waals surface area contributed by atoms with Crippen molar-refractivity contribution in [2.75, 3.05) is 0 Å². The molecule has 3 aromatic heterocycles. The highest BCUT2D eigenvalue weighted by Crippen LogP contribution is 2.41. The van der Waals surface area contributed by atoms with E-state index in [0.29, 0.717) is 5.95 Å². The van der Waals surface area contributed by atoms with Crippen LogP contribution in [0.5, 0.6) is 0 Å². The van der Waals surface area contributed by atoms with Crippen LogP contribution in [0.2, 0.25) is 0 Å². The topological polar surface area (TPSA) is 35.1 Å². The van der Waals surface area contributed by atoms with Gasteiger partial charge in [-0.1, -0.05) is 146 Å². The Labute approximate surface area is 264 Å². The van der Waals surface area contributed by atoms with E-state index in [1.165, 1.54) is 32.3 Å². The van der Waals surface area contributed by atoms with Crippen molar-refractivity contribution in [2.45, 2.75) is 0 Å². The molecule has 4 nitrogen and oxygen atoms in total. The van der Waals surface area contributed by atoms with Gasteiger partial charge in [-0.15, -0.1) is 0 Å². The average molecular weight is 587 g/mol. The molecule has 46 heavy (non-hydrogen) atoms. The number of fused-ring (bicyclic) bond motifs is 10. The van der Waals surface area contributed by atoms with Crippen LogP contribution >= 0.6 is 0 Å². The molecule has 0 amide bonds. The fourth-order valence-corrected chi connectivity index (χ4v) is 7.34. The second-order valence-corrected chi connectivity index (χ2v) is 11.8. The third-order valence-corrected chi connectivity index (χ3v) is 9.31. The van der Waals surface area contributed by atoms with Gasteiger partial charge in [-0.2, -0.15) is 9.97 Å². The van der Waals surface area contributed by atoms with Crippen molar-refractivity contribution in [2.24, 2.45) is 0 Å². The van der Waals surface area contributed by atoms with E-state index in [1.54, 1.807) is 0 Å². The summed E-state index contributed by atoms with van der Waals surface area (Å²) in [6, 6.07) is 55.8. The van der Waals surface area contributed by atoms with Gasteiger partial charge in [0.2, 0.25) is 5.95 Å². The Kier molecular flexibility index (Phi) is 5.25. The minimum atomic E-state index is 0.653. The first-order valence-electron chi connectivity index (χ1n) is 15.6. The molecule has 7 aromatic carbocycles. The maximum atomic E-state index is 5.47. The van der Waals surface area contributed by atoms with Crippen LogP contribution in [0.15, 0.2) is 158 Å². The van der Waals surface area contributed by atoms with Gasteiger partial charge in [-0.25, -0.2) is 0 Å². The monoisotopic (exact) mass is 586 g/mol. The summed E-state index contributed by atoms with van der Waals surface area (Å²) in [6.07, 6.45) is 0. The van der Waals surface area contributed by atoms with Gasteiger partial charge in [0.25, 0.3) is 0 Å². The van der Waals surface area contributed by atoms with Crippen LogP contribution in [0.1, 0.15) is 0 Å². The Morgan fingerprint density at radius 3 is 1.50 bits per heavy atom. The summed E-state index contributed by atoms with van der Waals surface area (Å²) < 4.78 is 4.51. The van der Waals surface area contributed by atoms with E-state index in [4.69, 9.17) is 9.97 Å². The Morgan fingerprint density at radius 2 is 0.891 bits per heavy atom. The van der Waals surface area contributed by atoms with E-state index in [9.17, 15) is 0 Å². The van der Waals surface area contributed by atoms with Crippen LogP contribution in [0, 0.1) is 0 Å². The van der Waals surface area contributed by atoms with E-state index in [-0.39, 0.29) is 0 Å². The lowest BCUT2D eigenvalue weighted by molar-refractivity contribution is 0.952. The number of rotatable bonds is 3. The van der Waals surface area contributed by atoms with Gasteiger partial charge >= 0.3 is 0 Å². The van der Waals surface area contributed by atoms with Crippen molar-refractivity contribution < 1.29 is 0 Å². The molecule has 0 fully saturated rings. The van der Waals surface area contributed by atoms with Gasteiger partial charge in [0, 0.05) is 27.1 Å². The van der Waals surface area contributed by atoms with Gasteiger partial charge in [-0.3, -0.25) is 8.97 Å². The van der Waals surface area contributed by atoms with Crippen molar-refractivity contribution in [3.63, 3.8) is 0 Å². The molecule has 10 aromatic rings. The van der Waals surface area contributed by atoms with Gasteiger partial charge in [0.05, 0.1) is 16.7 Å². The molecule has 0 bridgehead atoms. The molecule has 0 radical (unpaired) electrons. The van der Waals surface area contributed by atoms with E-state index in [0.717, 1.165) is 50.1 Å². The quantitative estimate of drug-likeness (QED) is 0.206. The first-order valence-corrected chi connectivity index (χ1v) is 15.6. The molecule has 0 spiro atoms. The van der Waals surface area contributed by atoms with Crippen LogP contribution in [0.3, 0.4) is 0 Å². The van der Waals surface area contributed by atoms with Crippen LogP contribution in [0.4, 0.5) is 0 Å². The highest BCUT2D eigenvalue weighted by molar-refractivity contribution is 6.28. The third-order valence-electron chi connectivity index (χ3n) is 9.31. The minimum absolute atomic E-state index is 0.653. The van der Waals surface area contributed by atoms with Gasteiger partial charge in [0.15, 0.2) is 5.65 Å². The molecule has 0 unspecified atom stereocenters. The molecule has 10 rings (SSSR count). The van der Waals surface area contributed by atoms with Gasteiger partial charge < -0.3 is 0 Å². The summed E-state index contributed by atoms with van der Waals surface area (Å²) in [5.74, 6) is 1.51. The largest absolute Gasteiger partial charge is 0.278 e. The zero-order valence-corrected chi connectivity index (χ0v) is 24.8. The Hall–Kier alpha value is -6.26. The Bertz CT molecular complexity index is 2700. The second-order valence-electron chi connectivity index (χ2n) is 11.8. The number of aromatic nitrogens is 4. The maximum absolute atomic E-state index is 5.47.